The number of benzene rings is 16. The van der Waals surface area contributed by atoms with E-state index in [1.165, 1.54) is 55.3 Å². The molecule has 0 atom stereocenters. The number of aromatic nitrogens is 6. The molecule has 0 radical (unpaired) electrons. The molecule has 622 valence electrons. The maximum Gasteiger partial charge on any atom is 0.494 e. The van der Waals surface area contributed by atoms with E-state index in [0.717, 1.165) is 109 Å². The first-order valence-corrected chi connectivity index (χ1v) is 45.4. The van der Waals surface area contributed by atoms with Crippen LogP contribution in [-0.2, 0) is 24.7 Å². The number of hydrogen-bond acceptors (Lipinski definition) is 12. The summed E-state index contributed by atoms with van der Waals surface area (Å²) < 4.78 is 22.0. The van der Waals surface area contributed by atoms with Gasteiger partial charge in [-0.1, -0.05) is 312 Å². The number of H-pyrrole nitrogens is 2. The van der Waals surface area contributed by atoms with Gasteiger partial charge < -0.3 is 36.6 Å². The minimum Gasteiger partial charge on any atom is -0.478 e. The number of aromatic amines is 2. The van der Waals surface area contributed by atoms with Crippen molar-refractivity contribution < 1.29 is 28.6 Å². The van der Waals surface area contributed by atoms with E-state index in [2.05, 4.69) is 266 Å². The molecule has 1 fully saturated rings. The molecule has 2 amide bonds. The Morgan fingerprint density at radius 1 is 0.400 bits per heavy atom. The fourth-order valence-corrected chi connectivity index (χ4v) is 18.2. The molecule has 3 aliphatic rings. The number of carbonyl (C=O) groups excluding carboxylic acids is 1. The van der Waals surface area contributed by atoms with Crippen molar-refractivity contribution in [2.75, 3.05) is 5.73 Å². The molecular formula is C100H79BCl6N9O8P. The summed E-state index contributed by atoms with van der Waals surface area (Å²) >= 11 is 32.7. The third kappa shape index (κ3) is 16.4. The average Bonchev–Trinajstić information content (AvgIpc) is 1.70. The van der Waals surface area contributed by atoms with Gasteiger partial charge in [0.25, 0.3) is 5.56 Å². The van der Waals surface area contributed by atoms with E-state index < -0.39 is 22.9 Å². The lowest BCUT2D eigenvalue weighted by molar-refractivity contribution is 0.00578. The number of nitrogen functional groups attached to an aromatic ring is 1. The largest absolute Gasteiger partial charge is 0.494 e. The van der Waals surface area contributed by atoms with E-state index in [-0.39, 0.29) is 50.8 Å². The van der Waals surface area contributed by atoms with Crippen LogP contribution in [0.25, 0.3) is 152 Å². The highest BCUT2D eigenvalue weighted by molar-refractivity contribution is 8.24. The van der Waals surface area contributed by atoms with Crippen molar-refractivity contribution in [3.05, 3.63) is 343 Å². The summed E-state index contributed by atoms with van der Waals surface area (Å²) in [6, 6.07) is 93.6. The van der Waals surface area contributed by atoms with Crippen LogP contribution in [0.5, 0.6) is 0 Å². The van der Waals surface area contributed by atoms with Crippen LogP contribution in [0, 0.1) is 0 Å². The second kappa shape index (κ2) is 34.0. The monoisotopic (exact) mass is 1790 g/mol. The number of rotatable bonds is 3. The molecule has 0 bridgehead atoms. The van der Waals surface area contributed by atoms with E-state index in [9.17, 15) is 24.1 Å². The summed E-state index contributed by atoms with van der Waals surface area (Å²) in [6.45, 7) is 17.6. The van der Waals surface area contributed by atoms with Crippen LogP contribution in [0.1, 0.15) is 88.0 Å². The lowest BCUT2D eigenvalue weighted by Crippen LogP contribution is -2.41. The Labute approximate surface area is 747 Å². The van der Waals surface area contributed by atoms with Gasteiger partial charge in [-0.2, -0.15) is 0 Å². The van der Waals surface area contributed by atoms with Crippen molar-refractivity contribution in [3.63, 3.8) is 0 Å². The highest BCUT2D eigenvalue weighted by atomic mass is 36.0. The average molecular weight is 1790 g/mol. The number of aromatic carboxylic acids is 1. The molecular weight excluding hydrogens is 1710 g/mol. The van der Waals surface area contributed by atoms with Crippen molar-refractivity contribution in [2.45, 2.75) is 77.4 Å². The Morgan fingerprint density at radius 3 is 1.21 bits per heavy atom. The zero-order valence-electron chi connectivity index (χ0n) is 68.7. The van der Waals surface area contributed by atoms with Crippen LogP contribution < -0.4 is 33.9 Å². The summed E-state index contributed by atoms with van der Waals surface area (Å²) in [7, 11) is -0.306. The number of amides is 2. The van der Waals surface area contributed by atoms with Crippen LogP contribution in [-0.4, -0.2) is 65.3 Å². The zero-order chi connectivity index (χ0) is 88.5. The van der Waals surface area contributed by atoms with E-state index in [0.29, 0.717) is 27.1 Å². The topological polar surface area (TPSA) is 285 Å². The number of urea groups is 1. The van der Waals surface area contributed by atoms with Crippen molar-refractivity contribution in [2.24, 2.45) is 11.5 Å². The number of primary amides is 2. The molecule has 1 saturated heterocycles. The first kappa shape index (κ1) is 86.2. The number of anilines is 1. The Kier molecular flexibility index (Phi) is 23.5. The highest BCUT2D eigenvalue weighted by Crippen LogP contribution is 2.61. The molecule has 25 heteroatoms. The molecule has 16 aromatic carbocycles. The molecule has 4 heterocycles. The SMILES string of the molecule is CC1(C)c2ccccc2-c2ccc(-c3nc(Cl)nc4c5ccccc5c5ccccc5c34)cc21.CC1(C)c2ccccc2-c2ccc(B3OC(C)(C)C(C)(C)O3)cc21.Clc1nc(Cl)c2c3ccccc3c3ccccc3c2n1.NC(N)=O.Nc1c(C(=O)O)c2ccccc2c2ccccc12.O=P(Cl)(Cl)Cl.O=c1[nH]c(=O)c2c3ccccc3c3ccccc3c2[nH]1. The molecule has 0 unspecified atom stereocenters. The fourth-order valence-electron chi connectivity index (χ4n) is 17.6. The molecule has 125 heavy (non-hydrogen) atoms. The first-order valence-electron chi connectivity index (χ1n) is 39.9. The maximum absolute atomic E-state index is 12.2. The van der Waals surface area contributed by atoms with Gasteiger partial charge in [0.1, 0.15) is 5.15 Å². The molecule has 9 N–H and O–H groups in total. The normalized spacial score (nSPS) is 14.0. The Morgan fingerprint density at radius 2 is 0.736 bits per heavy atom. The van der Waals surface area contributed by atoms with Gasteiger partial charge in [-0.15, -0.1) is 0 Å². The third-order valence-electron chi connectivity index (χ3n) is 23.9. The third-order valence-corrected chi connectivity index (χ3v) is 24.5. The van der Waals surface area contributed by atoms with Crippen molar-refractivity contribution >= 4 is 223 Å². The smallest absolute Gasteiger partial charge is 0.478 e. The highest BCUT2D eigenvalue weighted by Gasteiger charge is 2.52. The number of halogens is 6. The number of fused-ring (bicyclic) bond motifs is 27. The fraction of sp³-hybridized carbons (Fsp3) is 0.120. The number of hydrogen-bond donors (Lipinski definition) is 6. The second-order valence-electron chi connectivity index (χ2n) is 32.5. The van der Waals surface area contributed by atoms with E-state index in [4.69, 9.17) is 64.6 Å². The number of carboxylic acid groups (broad SMARTS) is 1. The molecule has 17 nitrogen and oxygen atoms in total. The summed E-state index contributed by atoms with van der Waals surface area (Å²) in [5.74, 6) is -0.991. The van der Waals surface area contributed by atoms with Crippen LogP contribution in [0.3, 0.4) is 0 Å². The number of nitrogens with two attached hydrogens (primary N) is 3. The molecule has 0 spiro atoms. The minimum absolute atomic E-state index is 0.00553. The van der Waals surface area contributed by atoms with Crippen molar-refractivity contribution in [1.82, 2.24) is 29.9 Å². The van der Waals surface area contributed by atoms with Gasteiger partial charge in [-0.3, -0.25) is 14.3 Å². The van der Waals surface area contributed by atoms with E-state index in [1.54, 1.807) is 6.07 Å². The number of nitrogens with zero attached hydrogens (tertiary/aromatic N) is 4. The van der Waals surface area contributed by atoms with Crippen LogP contribution in [0.4, 0.5) is 10.5 Å². The standard InChI is InChI=1S/C31H21ClN2.C21H25BO2.C16H8Cl2N2.C16H10N2O2.C15H11NO2.CH4N2O.Cl3OP/c1-31(2)25-14-8-7-11-21(25)22-16-15-18(17-26(22)31)28-27-23-12-5-3-9-19(23)20-10-4-6-13-24(20)29(27)34-30(32)33-28;1-19(2)17-10-8-7-9-15(17)16-12-11-14(13-18(16)19)22-23-20(3,4)21(5,6)24-22;17-15-13-11-7-3-1-5-9(11)10-6-2-4-8-12(10)14(13)19-16(18)20-15;19-15-13-11-7-3-1-5-9(11)10-6-2-4-8-12(10)14(13)17-16(20)18-15;16-14-12-8-4-2-6-10(12)9-5-1-3-7-11(9)13(14)15(17)18;2-1(3)4;1-5(2,3)4/h3-17H,1-2H3;7-13H,1-6H3;1-8H;1-8H,(H2,17,18,19,20);1-8H,16H2,(H,17,18);(H4,2,3,4);. The van der Waals surface area contributed by atoms with E-state index >= 15 is 0 Å². The molecule has 0 saturated carbocycles. The summed E-state index contributed by atoms with van der Waals surface area (Å²) in [6.07, 6.45) is 0. The van der Waals surface area contributed by atoms with Gasteiger partial charge in [-0.25, -0.2) is 34.3 Å². The molecule has 3 aromatic heterocycles. The molecule has 22 rings (SSSR count). The van der Waals surface area contributed by atoms with Gasteiger partial charge >= 0.3 is 30.0 Å². The van der Waals surface area contributed by atoms with Gasteiger partial charge in [0, 0.05) is 48.7 Å². The van der Waals surface area contributed by atoms with Gasteiger partial charge in [0.15, 0.2) is 0 Å². The maximum atomic E-state index is 12.2. The number of carbonyl (C=O) groups is 2. The van der Waals surface area contributed by atoms with Crippen LogP contribution in [0.2, 0.25) is 15.7 Å². The molecule has 2 aliphatic carbocycles. The van der Waals surface area contributed by atoms with Crippen LogP contribution >= 0.6 is 73.7 Å². The van der Waals surface area contributed by atoms with Gasteiger partial charge in [-0.05, 0) is 205 Å². The van der Waals surface area contributed by atoms with Gasteiger partial charge in [0.05, 0.1) is 50.1 Å². The van der Waals surface area contributed by atoms with Crippen molar-refractivity contribution in [1.29, 1.82) is 0 Å². The minimum atomic E-state index is -3.22. The Balaban J connectivity index is 0.000000114. The summed E-state index contributed by atoms with van der Waals surface area (Å²) in [5.41, 5.74) is 29.5. The Bertz CT molecular complexity index is 7810. The number of nitrogens with one attached hydrogen (secondary N) is 2. The lowest BCUT2D eigenvalue weighted by atomic mass is 9.74. The lowest BCUT2D eigenvalue weighted by Gasteiger charge is -2.32. The van der Waals surface area contributed by atoms with Crippen molar-refractivity contribution in [3.8, 4) is 33.5 Å². The van der Waals surface area contributed by atoms with Crippen LogP contribution in [0.15, 0.2) is 289 Å². The molecule has 19 aromatic rings. The first-order chi connectivity index (χ1) is 59.6. The predicted molar refractivity (Wildman–Crippen MR) is 519 cm³/mol. The predicted octanol–water partition coefficient (Wildman–Crippen LogP) is 25.7. The van der Waals surface area contributed by atoms with E-state index in [1.807, 2.05) is 127 Å². The summed E-state index contributed by atoms with van der Waals surface area (Å²) in [5, 5.41) is 25.5. The Hall–Kier alpha value is -12.3. The number of carboxylic acids is 1. The van der Waals surface area contributed by atoms with Gasteiger partial charge in [0.2, 0.25) is 10.6 Å². The second-order valence-corrected chi connectivity index (χ2v) is 40.2. The quantitative estimate of drug-likeness (QED) is 0.0240. The molecule has 1 aliphatic heterocycles. The summed E-state index contributed by atoms with van der Waals surface area (Å²) in [4.78, 5) is 67.2. The zero-order valence-corrected chi connectivity index (χ0v) is 74.1.